The Morgan fingerprint density at radius 2 is 1.87 bits per heavy atom. The lowest BCUT2D eigenvalue weighted by Gasteiger charge is -2.18. The molecule has 0 aliphatic rings. The molecule has 0 bridgehead atoms. The third-order valence-corrected chi connectivity index (χ3v) is 4.08. The zero-order valence-electron chi connectivity index (χ0n) is 10.3. The van der Waals surface area contributed by atoms with Crippen molar-refractivity contribution >= 4 is 10.0 Å². The Balaban J connectivity index is 3.95. The lowest BCUT2D eigenvalue weighted by molar-refractivity contribution is 0.416. The molecular weight excluding hydrogens is 212 g/mol. The first-order chi connectivity index (χ1) is 6.90. The summed E-state index contributed by atoms with van der Waals surface area (Å²) in [5, 5.41) is 3.01. The predicted molar refractivity (Wildman–Crippen MR) is 64.4 cm³/mol. The van der Waals surface area contributed by atoms with E-state index in [9.17, 15) is 8.42 Å². The Bertz CT molecular complexity index is 250. The summed E-state index contributed by atoms with van der Waals surface area (Å²) >= 11 is 0. The van der Waals surface area contributed by atoms with Crippen LogP contribution < -0.4 is 5.32 Å². The van der Waals surface area contributed by atoms with Crippen molar-refractivity contribution in [3.63, 3.8) is 0 Å². The van der Waals surface area contributed by atoms with Crippen molar-refractivity contribution in [2.45, 2.75) is 26.7 Å². The van der Waals surface area contributed by atoms with Crippen molar-refractivity contribution in [3.05, 3.63) is 0 Å². The van der Waals surface area contributed by atoms with Crippen LogP contribution in [-0.2, 0) is 10.0 Å². The van der Waals surface area contributed by atoms with Gasteiger partial charge in [-0.1, -0.05) is 13.8 Å². The molecular formula is C10H24N2O2S. The van der Waals surface area contributed by atoms with E-state index in [1.807, 2.05) is 20.9 Å². The predicted octanol–water partition coefficient (Wildman–Crippen LogP) is 0.904. The molecule has 15 heavy (non-hydrogen) atoms. The fourth-order valence-corrected chi connectivity index (χ4v) is 2.78. The molecule has 0 aliphatic carbocycles. The molecule has 0 radical (unpaired) electrons. The van der Waals surface area contributed by atoms with Gasteiger partial charge in [0.1, 0.15) is 0 Å². The van der Waals surface area contributed by atoms with Gasteiger partial charge in [-0.05, 0) is 32.4 Å². The van der Waals surface area contributed by atoms with Gasteiger partial charge in [0.25, 0.3) is 0 Å². The van der Waals surface area contributed by atoms with Crippen LogP contribution in [0.15, 0.2) is 0 Å². The van der Waals surface area contributed by atoms with Gasteiger partial charge in [0.15, 0.2) is 0 Å². The van der Waals surface area contributed by atoms with E-state index < -0.39 is 10.0 Å². The second kappa shape index (κ2) is 7.19. The van der Waals surface area contributed by atoms with Gasteiger partial charge in [0.2, 0.25) is 10.0 Å². The van der Waals surface area contributed by atoms with Crippen molar-refractivity contribution in [3.8, 4) is 0 Å². The van der Waals surface area contributed by atoms with Gasteiger partial charge in [-0.3, -0.25) is 0 Å². The molecule has 0 saturated heterocycles. The van der Waals surface area contributed by atoms with Crippen LogP contribution in [0.25, 0.3) is 0 Å². The molecule has 0 atom stereocenters. The highest BCUT2D eigenvalue weighted by atomic mass is 32.2. The Hall–Kier alpha value is -0.130. The highest BCUT2D eigenvalue weighted by molar-refractivity contribution is 7.89. The quantitative estimate of drug-likeness (QED) is 0.637. The highest BCUT2D eigenvalue weighted by Crippen LogP contribution is 2.05. The Labute approximate surface area is 94.1 Å². The first-order valence-corrected chi connectivity index (χ1v) is 7.09. The summed E-state index contributed by atoms with van der Waals surface area (Å²) in [4.78, 5) is 0. The van der Waals surface area contributed by atoms with Gasteiger partial charge >= 0.3 is 0 Å². The zero-order valence-corrected chi connectivity index (χ0v) is 11.1. The fraction of sp³-hybridized carbons (Fsp3) is 1.00. The minimum atomic E-state index is -3.03. The first kappa shape index (κ1) is 14.9. The van der Waals surface area contributed by atoms with Crippen LogP contribution >= 0.6 is 0 Å². The van der Waals surface area contributed by atoms with E-state index in [1.54, 1.807) is 7.05 Å². The standard InChI is InChI=1S/C10H24N2O2S/c1-10(2)9-12(4)15(13,14)8-6-5-7-11-3/h10-11H,5-9H2,1-4H3. The van der Waals surface area contributed by atoms with E-state index in [2.05, 4.69) is 5.32 Å². The maximum Gasteiger partial charge on any atom is 0.213 e. The van der Waals surface area contributed by atoms with Gasteiger partial charge in [-0.25, -0.2) is 12.7 Å². The molecule has 0 amide bonds. The van der Waals surface area contributed by atoms with Crippen molar-refractivity contribution in [1.29, 1.82) is 0 Å². The molecule has 92 valence electrons. The van der Waals surface area contributed by atoms with Gasteiger partial charge in [0.05, 0.1) is 5.75 Å². The second-order valence-electron chi connectivity index (χ2n) is 4.30. The maximum absolute atomic E-state index is 11.7. The van der Waals surface area contributed by atoms with Crippen molar-refractivity contribution in [2.75, 3.05) is 32.9 Å². The Morgan fingerprint density at radius 1 is 1.27 bits per heavy atom. The number of hydrogen-bond donors (Lipinski definition) is 1. The van der Waals surface area contributed by atoms with Crippen molar-refractivity contribution in [2.24, 2.45) is 5.92 Å². The third-order valence-electron chi connectivity index (χ3n) is 2.18. The minimum absolute atomic E-state index is 0.262. The molecule has 0 aliphatic heterocycles. The van der Waals surface area contributed by atoms with Crippen LogP contribution in [0.5, 0.6) is 0 Å². The highest BCUT2D eigenvalue weighted by Gasteiger charge is 2.17. The van der Waals surface area contributed by atoms with E-state index >= 15 is 0 Å². The van der Waals surface area contributed by atoms with Crippen LogP contribution in [0.1, 0.15) is 26.7 Å². The Morgan fingerprint density at radius 3 is 2.33 bits per heavy atom. The second-order valence-corrected chi connectivity index (χ2v) is 6.50. The molecule has 0 unspecified atom stereocenters. The van der Waals surface area contributed by atoms with Gasteiger partial charge < -0.3 is 5.32 Å². The summed E-state index contributed by atoms with van der Waals surface area (Å²) in [5.74, 6) is 0.639. The average Bonchev–Trinajstić information content (AvgIpc) is 2.11. The zero-order chi connectivity index (χ0) is 11.9. The molecule has 0 saturated carbocycles. The molecule has 1 N–H and O–H groups in total. The number of rotatable bonds is 8. The smallest absolute Gasteiger partial charge is 0.213 e. The number of unbranched alkanes of at least 4 members (excludes halogenated alkanes) is 1. The lowest BCUT2D eigenvalue weighted by Crippen LogP contribution is -2.32. The van der Waals surface area contributed by atoms with Crippen LogP contribution in [0.2, 0.25) is 0 Å². The van der Waals surface area contributed by atoms with Crippen molar-refractivity contribution in [1.82, 2.24) is 9.62 Å². The summed E-state index contributed by atoms with van der Waals surface area (Å²) in [6.07, 6.45) is 1.64. The summed E-state index contributed by atoms with van der Waals surface area (Å²) in [6.45, 7) is 5.53. The monoisotopic (exact) mass is 236 g/mol. The first-order valence-electron chi connectivity index (χ1n) is 5.48. The van der Waals surface area contributed by atoms with Gasteiger partial charge in [-0.2, -0.15) is 0 Å². The summed E-state index contributed by atoms with van der Waals surface area (Å²) in [5.41, 5.74) is 0. The number of hydrogen-bond acceptors (Lipinski definition) is 3. The summed E-state index contributed by atoms with van der Waals surface area (Å²) in [6, 6.07) is 0. The molecule has 4 nitrogen and oxygen atoms in total. The summed E-state index contributed by atoms with van der Waals surface area (Å²) in [7, 11) is 0.504. The topological polar surface area (TPSA) is 49.4 Å². The molecule has 0 fully saturated rings. The molecule has 0 spiro atoms. The number of sulfonamides is 1. The van der Waals surface area contributed by atoms with Crippen LogP contribution in [0.3, 0.4) is 0 Å². The SMILES string of the molecule is CNCCCCS(=O)(=O)N(C)CC(C)C. The molecule has 0 aromatic rings. The van der Waals surface area contributed by atoms with E-state index in [-0.39, 0.29) is 5.75 Å². The van der Waals surface area contributed by atoms with Crippen molar-refractivity contribution < 1.29 is 8.42 Å². The molecule has 5 heteroatoms. The number of nitrogens with one attached hydrogen (secondary N) is 1. The largest absolute Gasteiger partial charge is 0.320 e. The van der Waals surface area contributed by atoms with Gasteiger partial charge in [0, 0.05) is 13.6 Å². The van der Waals surface area contributed by atoms with Crippen LogP contribution in [0, 0.1) is 5.92 Å². The number of nitrogens with zero attached hydrogens (tertiary/aromatic N) is 1. The van der Waals surface area contributed by atoms with Crippen LogP contribution in [-0.4, -0.2) is 45.7 Å². The summed E-state index contributed by atoms with van der Waals surface area (Å²) < 4.78 is 24.9. The van der Waals surface area contributed by atoms with Gasteiger partial charge in [-0.15, -0.1) is 0 Å². The van der Waals surface area contributed by atoms with E-state index in [1.165, 1.54) is 4.31 Å². The Kier molecular flexibility index (Phi) is 7.13. The maximum atomic E-state index is 11.7. The third kappa shape index (κ3) is 6.87. The molecule has 0 rings (SSSR count). The average molecular weight is 236 g/mol. The molecule has 0 aromatic heterocycles. The normalized spacial score (nSPS) is 12.7. The van der Waals surface area contributed by atoms with E-state index in [0.29, 0.717) is 12.5 Å². The molecule has 0 heterocycles. The van der Waals surface area contributed by atoms with E-state index in [4.69, 9.17) is 0 Å². The fourth-order valence-electron chi connectivity index (χ4n) is 1.37. The minimum Gasteiger partial charge on any atom is -0.320 e. The van der Waals surface area contributed by atoms with E-state index in [0.717, 1.165) is 19.4 Å². The van der Waals surface area contributed by atoms with Crippen LogP contribution in [0.4, 0.5) is 0 Å². The molecule has 0 aromatic carbocycles. The lowest BCUT2D eigenvalue weighted by atomic mass is 10.2.